The van der Waals surface area contributed by atoms with E-state index in [9.17, 15) is 14.9 Å². The molecule has 1 rings (SSSR count). The van der Waals surface area contributed by atoms with E-state index in [1.165, 1.54) is 24.3 Å². The molecule has 0 spiro atoms. The van der Waals surface area contributed by atoms with Crippen LogP contribution in [0.5, 0.6) is 5.75 Å². The van der Waals surface area contributed by atoms with Gasteiger partial charge in [0, 0.05) is 18.6 Å². The topological polar surface area (TPSA) is 69.4 Å². The number of carbonyl (C=O) groups excluding carboxylic acids is 1. The molecule has 0 heterocycles. The van der Waals surface area contributed by atoms with E-state index >= 15 is 0 Å². The Bertz CT molecular complexity index is 346. The van der Waals surface area contributed by atoms with Crippen LogP contribution in [0, 0.1) is 10.1 Å². The van der Waals surface area contributed by atoms with Crippen LogP contribution in [0.4, 0.5) is 5.69 Å². The summed E-state index contributed by atoms with van der Waals surface area (Å²) in [6.07, 6.45) is 0.275. The van der Waals surface area contributed by atoms with Crippen molar-refractivity contribution in [1.29, 1.82) is 0 Å². The van der Waals surface area contributed by atoms with Crippen LogP contribution >= 0.6 is 0 Å². The Balaban J connectivity index is 0.00000106. The number of hydrogen-bond acceptors (Lipinski definition) is 4. The highest BCUT2D eigenvalue weighted by atomic mass is 16.6. The number of ether oxygens (including phenoxy) is 1. The van der Waals surface area contributed by atoms with Crippen molar-refractivity contribution in [2.24, 2.45) is 0 Å². The molecule has 0 atom stereocenters. The molecule has 16 heavy (non-hydrogen) atoms. The zero-order valence-electron chi connectivity index (χ0n) is 9.60. The number of rotatable bonds is 3. The van der Waals surface area contributed by atoms with Crippen LogP contribution in [0.3, 0.4) is 0 Å². The Morgan fingerprint density at radius 3 is 2.19 bits per heavy atom. The molecule has 0 saturated heterocycles. The van der Waals surface area contributed by atoms with Crippen LogP contribution in [0.1, 0.15) is 27.2 Å². The zero-order chi connectivity index (χ0) is 12.6. The van der Waals surface area contributed by atoms with Crippen LogP contribution < -0.4 is 4.74 Å². The predicted octanol–water partition coefficient (Wildman–Crippen LogP) is 2.94. The minimum atomic E-state index is -0.509. The van der Waals surface area contributed by atoms with E-state index in [-0.39, 0.29) is 18.1 Å². The Hall–Kier alpha value is -1.91. The van der Waals surface area contributed by atoms with Gasteiger partial charge < -0.3 is 4.74 Å². The molecular weight excluding hydrogens is 210 g/mol. The quantitative estimate of drug-likeness (QED) is 0.343. The summed E-state index contributed by atoms with van der Waals surface area (Å²) < 4.78 is 4.84. The van der Waals surface area contributed by atoms with Crippen molar-refractivity contribution in [2.45, 2.75) is 27.2 Å². The lowest BCUT2D eigenvalue weighted by atomic mass is 10.3. The number of carbonyl (C=O) groups is 1. The first kappa shape index (κ1) is 14.1. The van der Waals surface area contributed by atoms with Crippen molar-refractivity contribution in [3.05, 3.63) is 34.4 Å². The Kier molecular flexibility index (Phi) is 6.51. The number of nitrogens with zero attached hydrogens (tertiary/aromatic N) is 1. The number of hydrogen-bond donors (Lipinski definition) is 0. The molecule has 5 nitrogen and oxygen atoms in total. The molecule has 5 heteroatoms. The summed E-state index contributed by atoms with van der Waals surface area (Å²) in [4.78, 5) is 20.6. The van der Waals surface area contributed by atoms with Gasteiger partial charge in [0.05, 0.1) is 4.92 Å². The van der Waals surface area contributed by atoms with Gasteiger partial charge in [-0.3, -0.25) is 14.9 Å². The van der Waals surface area contributed by atoms with Gasteiger partial charge >= 0.3 is 5.97 Å². The van der Waals surface area contributed by atoms with Crippen molar-refractivity contribution in [1.82, 2.24) is 0 Å². The lowest BCUT2D eigenvalue weighted by Crippen LogP contribution is -2.05. The van der Waals surface area contributed by atoms with E-state index in [2.05, 4.69) is 0 Å². The lowest BCUT2D eigenvalue weighted by molar-refractivity contribution is -0.384. The predicted molar refractivity (Wildman–Crippen MR) is 60.4 cm³/mol. The molecule has 0 aromatic heterocycles. The highest BCUT2D eigenvalue weighted by molar-refractivity contribution is 5.71. The minimum absolute atomic E-state index is 0.0266. The fourth-order valence-corrected chi connectivity index (χ4v) is 0.840. The van der Waals surface area contributed by atoms with Crippen molar-refractivity contribution in [2.75, 3.05) is 0 Å². The SMILES string of the molecule is CC.CCC(=O)Oc1ccc([N+](=O)[O-])cc1. The maximum absolute atomic E-state index is 10.8. The van der Waals surface area contributed by atoms with Crippen LogP contribution in [0.2, 0.25) is 0 Å². The van der Waals surface area contributed by atoms with Gasteiger partial charge in [-0.1, -0.05) is 20.8 Å². The van der Waals surface area contributed by atoms with E-state index in [1.807, 2.05) is 13.8 Å². The van der Waals surface area contributed by atoms with Gasteiger partial charge in [-0.05, 0) is 12.1 Å². The van der Waals surface area contributed by atoms with Crippen LogP contribution in [-0.2, 0) is 4.79 Å². The normalized spacial score (nSPS) is 8.69. The van der Waals surface area contributed by atoms with Crippen LogP contribution in [0.15, 0.2) is 24.3 Å². The third kappa shape index (κ3) is 4.54. The average molecular weight is 225 g/mol. The number of non-ortho nitro benzene ring substituents is 1. The number of nitro benzene ring substituents is 1. The van der Waals surface area contributed by atoms with E-state index in [0.29, 0.717) is 5.75 Å². The van der Waals surface area contributed by atoms with Gasteiger partial charge in [0.1, 0.15) is 5.75 Å². The summed E-state index contributed by atoms with van der Waals surface area (Å²) in [5, 5.41) is 10.3. The van der Waals surface area contributed by atoms with Crippen molar-refractivity contribution in [3.8, 4) is 5.75 Å². The Morgan fingerprint density at radius 1 is 1.31 bits per heavy atom. The van der Waals surface area contributed by atoms with Gasteiger partial charge in [0.25, 0.3) is 5.69 Å². The Morgan fingerprint density at radius 2 is 1.81 bits per heavy atom. The summed E-state index contributed by atoms with van der Waals surface area (Å²) in [5.74, 6) is -0.0405. The Labute approximate surface area is 94.2 Å². The van der Waals surface area contributed by atoms with Gasteiger partial charge in [0.2, 0.25) is 0 Å². The molecule has 1 aromatic carbocycles. The van der Waals surface area contributed by atoms with E-state index in [0.717, 1.165) is 0 Å². The van der Waals surface area contributed by atoms with E-state index in [1.54, 1.807) is 6.92 Å². The smallest absolute Gasteiger partial charge is 0.310 e. The maximum atomic E-state index is 10.8. The first-order chi connectivity index (χ1) is 7.63. The summed E-state index contributed by atoms with van der Waals surface area (Å²) in [5.41, 5.74) is -0.0266. The minimum Gasteiger partial charge on any atom is -0.427 e. The molecule has 0 amide bonds. The molecule has 0 N–H and O–H groups in total. The summed E-state index contributed by atoms with van der Waals surface area (Å²) in [6.45, 7) is 5.67. The van der Waals surface area contributed by atoms with Gasteiger partial charge in [-0.25, -0.2) is 0 Å². The van der Waals surface area contributed by atoms with Crippen molar-refractivity contribution >= 4 is 11.7 Å². The highest BCUT2D eigenvalue weighted by Gasteiger charge is 2.06. The second kappa shape index (κ2) is 7.39. The molecule has 0 aliphatic carbocycles. The molecule has 0 fully saturated rings. The monoisotopic (exact) mass is 225 g/mol. The molecular formula is C11H15NO4. The highest BCUT2D eigenvalue weighted by Crippen LogP contribution is 2.17. The number of nitro groups is 1. The molecule has 0 aliphatic rings. The second-order valence-electron chi connectivity index (χ2n) is 2.58. The van der Waals surface area contributed by atoms with Gasteiger partial charge in [-0.15, -0.1) is 0 Å². The fraction of sp³-hybridized carbons (Fsp3) is 0.364. The molecule has 0 radical (unpaired) electrons. The second-order valence-corrected chi connectivity index (χ2v) is 2.58. The fourth-order valence-electron chi connectivity index (χ4n) is 0.840. The van der Waals surface area contributed by atoms with Gasteiger partial charge in [-0.2, -0.15) is 0 Å². The third-order valence-electron chi connectivity index (χ3n) is 1.57. The summed E-state index contributed by atoms with van der Waals surface area (Å²) in [6, 6.07) is 5.37. The van der Waals surface area contributed by atoms with Gasteiger partial charge in [0.15, 0.2) is 0 Å². The molecule has 88 valence electrons. The van der Waals surface area contributed by atoms with E-state index < -0.39 is 4.92 Å². The molecule has 0 saturated carbocycles. The van der Waals surface area contributed by atoms with Crippen LogP contribution in [0.25, 0.3) is 0 Å². The number of benzene rings is 1. The molecule has 0 unspecified atom stereocenters. The largest absolute Gasteiger partial charge is 0.427 e. The first-order valence-electron chi connectivity index (χ1n) is 5.08. The third-order valence-corrected chi connectivity index (χ3v) is 1.57. The summed E-state index contributed by atoms with van der Waals surface area (Å²) >= 11 is 0. The standard InChI is InChI=1S/C9H9NO4.C2H6/c1-2-9(11)14-8-5-3-7(4-6-8)10(12)13;1-2/h3-6H,2H2,1H3;1-2H3. The molecule has 0 aliphatic heterocycles. The molecule has 0 bridgehead atoms. The summed E-state index contributed by atoms with van der Waals surface area (Å²) in [7, 11) is 0. The van der Waals surface area contributed by atoms with E-state index in [4.69, 9.17) is 4.74 Å². The van der Waals surface area contributed by atoms with Crippen LogP contribution in [-0.4, -0.2) is 10.9 Å². The zero-order valence-corrected chi connectivity index (χ0v) is 9.60. The van der Waals surface area contributed by atoms with Crippen molar-refractivity contribution in [3.63, 3.8) is 0 Å². The first-order valence-corrected chi connectivity index (χ1v) is 5.08. The number of esters is 1. The lowest BCUT2D eigenvalue weighted by Gasteiger charge is -2.00. The average Bonchev–Trinajstić information content (AvgIpc) is 2.32. The van der Waals surface area contributed by atoms with Crippen molar-refractivity contribution < 1.29 is 14.5 Å². The molecule has 1 aromatic rings. The maximum Gasteiger partial charge on any atom is 0.310 e.